The van der Waals surface area contributed by atoms with Gasteiger partial charge in [0.15, 0.2) is 6.29 Å². The molecular weight excluding hydrogens is 410 g/mol. The van der Waals surface area contributed by atoms with Crippen LogP contribution in [0.15, 0.2) is 53.9 Å². The number of nitrogens with one attached hydrogen (secondary N) is 3. The highest BCUT2D eigenvalue weighted by atomic mass is 32.1. The van der Waals surface area contributed by atoms with Crippen LogP contribution in [-0.4, -0.2) is 27.6 Å². The first-order valence-electron chi connectivity index (χ1n) is 10.5. The molecule has 2 amide bonds. The summed E-state index contributed by atoms with van der Waals surface area (Å²) < 4.78 is 1.66. The van der Waals surface area contributed by atoms with E-state index in [1.807, 2.05) is 74.7 Å². The number of anilines is 1. The summed E-state index contributed by atoms with van der Waals surface area (Å²) in [5, 5.41) is 16.1. The lowest BCUT2D eigenvalue weighted by Crippen LogP contribution is -2.57. The Balaban J connectivity index is 1.66. The lowest BCUT2D eigenvalue weighted by atomic mass is 9.96. The summed E-state index contributed by atoms with van der Waals surface area (Å²) in [6.45, 7) is 5.86. The Morgan fingerprint density at radius 1 is 1.23 bits per heavy atom. The van der Waals surface area contributed by atoms with E-state index in [0.29, 0.717) is 12.2 Å². The van der Waals surface area contributed by atoms with Crippen LogP contribution in [0.4, 0.5) is 5.82 Å². The van der Waals surface area contributed by atoms with E-state index in [1.54, 1.807) is 16.0 Å². The Morgan fingerprint density at radius 3 is 2.65 bits per heavy atom. The lowest BCUT2D eigenvalue weighted by molar-refractivity contribution is -0.130. The average Bonchev–Trinajstić information content (AvgIpc) is 3.43. The molecule has 0 bridgehead atoms. The van der Waals surface area contributed by atoms with Crippen LogP contribution in [0, 0.1) is 5.92 Å². The molecule has 1 aliphatic heterocycles. The second-order valence-electron chi connectivity index (χ2n) is 7.85. The molecule has 1 aromatic carbocycles. The van der Waals surface area contributed by atoms with Crippen molar-refractivity contribution in [3.63, 3.8) is 0 Å². The molecule has 4 rings (SSSR count). The average molecular weight is 438 g/mol. The number of hydrogen-bond donors (Lipinski definition) is 3. The Hall–Kier alpha value is -2.97. The monoisotopic (exact) mass is 437 g/mol. The third kappa shape index (κ3) is 4.40. The van der Waals surface area contributed by atoms with Crippen LogP contribution in [0.1, 0.15) is 45.0 Å². The van der Waals surface area contributed by atoms with Crippen molar-refractivity contribution >= 4 is 29.0 Å². The number of amides is 2. The van der Waals surface area contributed by atoms with Crippen LogP contribution in [-0.2, 0) is 9.59 Å². The Labute approximate surface area is 185 Å². The highest BCUT2D eigenvalue weighted by Crippen LogP contribution is 2.29. The molecule has 4 unspecified atom stereocenters. The maximum absolute atomic E-state index is 13.2. The van der Waals surface area contributed by atoms with Gasteiger partial charge >= 0.3 is 0 Å². The van der Waals surface area contributed by atoms with Gasteiger partial charge in [-0.25, -0.2) is 4.68 Å². The van der Waals surface area contributed by atoms with E-state index < -0.39 is 6.29 Å². The molecule has 1 fully saturated rings. The molecule has 7 nitrogen and oxygen atoms in total. The van der Waals surface area contributed by atoms with Crippen molar-refractivity contribution in [2.75, 3.05) is 5.32 Å². The predicted molar refractivity (Wildman–Crippen MR) is 123 cm³/mol. The number of carbonyl (C=O) groups excluding carboxylic acids is 2. The normalized spacial score (nSPS) is 22.0. The maximum Gasteiger partial charge on any atom is 0.233 e. The van der Waals surface area contributed by atoms with Gasteiger partial charge < -0.3 is 10.6 Å². The molecular formula is C23H27N5O2S. The van der Waals surface area contributed by atoms with Gasteiger partial charge in [0.2, 0.25) is 11.8 Å². The zero-order valence-corrected chi connectivity index (χ0v) is 18.6. The predicted octanol–water partition coefficient (Wildman–Crippen LogP) is 3.94. The molecule has 1 saturated heterocycles. The number of thiophene rings is 1. The summed E-state index contributed by atoms with van der Waals surface area (Å²) in [6, 6.07) is 15.5. The molecule has 3 aromatic rings. The van der Waals surface area contributed by atoms with E-state index in [2.05, 4.69) is 16.0 Å². The van der Waals surface area contributed by atoms with Gasteiger partial charge in [-0.05, 0) is 30.4 Å². The number of hydrogen-bond acceptors (Lipinski definition) is 5. The summed E-state index contributed by atoms with van der Waals surface area (Å²) >= 11 is 1.58. The molecule has 0 spiro atoms. The van der Waals surface area contributed by atoms with Crippen molar-refractivity contribution in [2.24, 2.45) is 5.92 Å². The molecule has 2 aromatic heterocycles. The van der Waals surface area contributed by atoms with Crippen molar-refractivity contribution in [3.05, 3.63) is 59.5 Å². The molecule has 4 atom stereocenters. The zero-order valence-electron chi connectivity index (χ0n) is 17.8. The van der Waals surface area contributed by atoms with Crippen LogP contribution < -0.4 is 16.0 Å². The maximum atomic E-state index is 13.2. The molecule has 162 valence electrons. The van der Waals surface area contributed by atoms with Gasteiger partial charge in [0.1, 0.15) is 11.5 Å². The Morgan fingerprint density at radius 2 is 2.00 bits per heavy atom. The number of nitrogens with zero attached hydrogens (tertiary/aromatic N) is 2. The molecule has 1 aliphatic rings. The van der Waals surface area contributed by atoms with Crippen molar-refractivity contribution in [1.82, 2.24) is 20.4 Å². The zero-order chi connectivity index (χ0) is 22.0. The fourth-order valence-electron chi connectivity index (χ4n) is 3.76. The van der Waals surface area contributed by atoms with Crippen LogP contribution in [0.3, 0.4) is 0 Å². The summed E-state index contributed by atoms with van der Waals surface area (Å²) in [7, 11) is 0. The van der Waals surface area contributed by atoms with Crippen molar-refractivity contribution in [3.8, 4) is 10.6 Å². The highest BCUT2D eigenvalue weighted by molar-refractivity contribution is 7.13. The van der Waals surface area contributed by atoms with Crippen LogP contribution in [0.25, 0.3) is 10.6 Å². The second kappa shape index (κ2) is 9.03. The molecule has 8 heteroatoms. The minimum atomic E-state index is -0.542. The molecule has 31 heavy (non-hydrogen) atoms. The summed E-state index contributed by atoms with van der Waals surface area (Å²) in [5.41, 5.74) is 1.72. The SMILES string of the molecule is CCC(C(=O)Nc1cc(-c2cccs2)nn1C1NC(=O)C(C)C(C)N1)c1ccccc1. The molecule has 0 saturated carbocycles. The fourth-order valence-corrected chi connectivity index (χ4v) is 4.44. The number of rotatable bonds is 6. The van der Waals surface area contributed by atoms with Gasteiger partial charge in [-0.15, -0.1) is 11.3 Å². The third-order valence-corrected chi connectivity index (χ3v) is 6.69. The minimum Gasteiger partial charge on any atom is -0.322 e. The van der Waals surface area contributed by atoms with E-state index >= 15 is 0 Å². The van der Waals surface area contributed by atoms with E-state index in [9.17, 15) is 9.59 Å². The Bertz CT molecular complexity index is 1050. The number of carbonyl (C=O) groups is 2. The molecule has 3 heterocycles. The minimum absolute atomic E-state index is 0.0237. The van der Waals surface area contributed by atoms with E-state index in [0.717, 1.165) is 16.1 Å². The van der Waals surface area contributed by atoms with Gasteiger partial charge in [-0.1, -0.05) is 50.2 Å². The quantitative estimate of drug-likeness (QED) is 0.545. The standard InChI is InChI=1S/C23H27N5O2S/c1-4-17(16-9-6-5-7-10-16)22(30)25-20-13-18(19-11-8-12-31-19)27-28(20)23-24-15(3)14(2)21(29)26-23/h5-15,17,23-24H,4H2,1-3H3,(H,25,30)(H,26,29). The van der Waals surface area contributed by atoms with Crippen LogP contribution in [0.2, 0.25) is 0 Å². The summed E-state index contributed by atoms with van der Waals surface area (Å²) in [5.74, 6) is -0.0253. The number of aromatic nitrogens is 2. The summed E-state index contributed by atoms with van der Waals surface area (Å²) in [4.78, 5) is 26.6. The summed E-state index contributed by atoms with van der Waals surface area (Å²) in [6.07, 6.45) is 0.133. The molecule has 0 radical (unpaired) electrons. The number of benzene rings is 1. The topological polar surface area (TPSA) is 88.1 Å². The first-order valence-corrected chi connectivity index (χ1v) is 11.4. The molecule has 3 N–H and O–H groups in total. The van der Waals surface area contributed by atoms with Crippen LogP contribution in [0.5, 0.6) is 0 Å². The van der Waals surface area contributed by atoms with Gasteiger partial charge in [-0.2, -0.15) is 5.10 Å². The van der Waals surface area contributed by atoms with Crippen molar-refractivity contribution < 1.29 is 9.59 Å². The lowest BCUT2D eigenvalue weighted by Gasteiger charge is -2.34. The molecule has 0 aliphatic carbocycles. The van der Waals surface area contributed by atoms with Crippen molar-refractivity contribution in [2.45, 2.75) is 45.4 Å². The first-order chi connectivity index (χ1) is 15.0. The van der Waals surface area contributed by atoms with E-state index in [4.69, 9.17) is 5.10 Å². The van der Waals surface area contributed by atoms with Crippen molar-refractivity contribution in [1.29, 1.82) is 0 Å². The van der Waals surface area contributed by atoms with E-state index in [1.165, 1.54) is 0 Å². The second-order valence-corrected chi connectivity index (χ2v) is 8.80. The fraction of sp³-hybridized carbons (Fsp3) is 0.348. The van der Waals surface area contributed by atoms with Crippen LogP contribution >= 0.6 is 11.3 Å². The van der Waals surface area contributed by atoms with E-state index in [-0.39, 0.29) is 29.7 Å². The highest BCUT2D eigenvalue weighted by Gasteiger charge is 2.33. The largest absolute Gasteiger partial charge is 0.322 e. The smallest absolute Gasteiger partial charge is 0.233 e. The van der Waals surface area contributed by atoms with Gasteiger partial charge in [-0.3, -0.25) is 14.9 Å². The van der Waals surface area contributed by atoms with Gasteiger partial charge in [0.25, 0.3) is 0 Å². The third-order valence-electron chi connectivity index (χ3n) is 5.80. The van der Waals surface area contributed by atoms with Gasteiger partial charge in [0, 0.05) is 12.1 Å². The Kier molecular flexibility index (Phi) is 6.20. The van der Waals surface area contributed by atoms with Gasteiger partial charge in [0.05, 0.1) is 16.7 Å². The first kappa shape index (κ1) is 21.3.